The fraction of sp³-hybridized carbons (Fsp3) is 0.529. The van der Waals surface area contributed by atoms with Crippen LogP contribution >= 0.6 is 0 Å². The summed E-state index contributed by atoms with van der Waals surface area (Å²) in [5, 5.41) is 8.53. The first-order valence-corrected chi connectivity index (χ1v) is 9.84. The first kappa shape index (κ1) is 14.9. The molecule has 0 unspecified atom stereocenters. The second-order valence-electron chi connectivity index (χ2n) is 6.88. The van der Waals surface area contributed by atoms with Crippen molar-refractivity contribution >= 4 is 9.84 Å². The molecule has 2 aliphatic rings. The minimum atomic E-state index is -3.40. The molecule has 0 bridgehead atoms. The number of nitrogens with zero attached hydrogens (tertiary/aromatic N) is 3. The van der Waals surface area contributed by atoms with Crippen LogP contribution in [0.2, 0.25) is 0 Å². The molecule has 1 aromatic heterocycles. The second-order valence-corrected chi connectivity index (χ2v) is 8.84. The number of hydrogen-bond acceptors (Lipinski definition) is 4. The van der Waals surface area contributed by atoms with Crippen LogP contribution in [-0.2, 0) is 15.6 Å². The van der Waals surface area contributed by atoms with Gasteiger partial charge in [-0.05, 0) is 51.2 Å². The van der Waals surface area contributed by atoms with Crippen molar-refractivity contribution in [3.63, 3.8) is 0 Å². The Morgan fingerprint density at radius 3 is 2.48 bits per heavy atom. The molecule has 6 heteroatoms. The number of rotatable bonds is 5. The molecule has 5 nitrogen and oxygen atoms in total. The van der Waals surface area contributed by atoms with Crippen molar-refractivity contribution < 1.29 is 8.42 Å². The third kappa shape index (κ3) is 2.80. The maximum atomic E-state index is 12.8. The Balaban J connectivity index is 1.69. The molecule has 1 aromatic carbocycles. The van der Waals surface area contributed by atoms with E-state index in [9.17, 15) is 8.42 Å². The Morgan fingerprint density at radius 2 is 1.87 bits per heavy atom. The van der Waals surface area contributed by atoms with E-state index in [0.29, 0.717) is 22.7 Å². The highest BCUT2D eigenvalue weighted by Crippen LogP contribution is 2.45. The summed E-state index contributed by atoms with van der Waals surface area (Å²) < 4.78 is 27.8. The van der Waals surface area contributed by atoms with Gasteiger partial charge >= 0.3 is 0 Å². The molecule has 0 N–H and O–H groups in total. The van der Waals surface area contributed by atoms with Crippen LogP contribution in [-0.4, -0.2) is 23.2 Å². The highest BCUT2D eigenvalue weighted by molar-refractivity contribution is 7.90. The molecule has 122 valence electrons. The normalized spacial score (nSPS) is 18.3. The van der Waals surface area contributed by atoms with Crippen molar-refractivity contribution in [3.8, 4) is 0 Å². The van der Waals surface area contributed by atoms with Crippen LogP contribution in [0.4, 0.5) is 0 Å². The van der Waals surface area contributed by atoms with E-state index in [4.69, 9.17) is 0 Å². The van der Waals surface area contributed by atoms with E-state index in [1.54, 1.807) is 6.07 Å². The zero-order valence-corrected chi connectivity index (χ0v) is 14.3. The Kier molecular flexibility index (Phi) is 3.34. The summed E-state index contributed by atoms with van der Waals surface area (Å²) in [5.41, 5.74) is 1.86. The zero-order chi connectivity index (χ0) is 16.2. The molecular formula is C17H21N3O2S. The topological polar surface area (TPSA) is 64.8 Å². The minimum Gasteiger partial charge on any atom is -0.311 e. The number of aryl methyl sites for hydroxylation is 2. The van der Waals surface area contributed by atoms with E-state index in [-0.39, 0.29) is 5.75 Å². The van der Waals surface area contributed by atoms with Crippen LogP contribution in [0.25, 0.3) is 0 Å². The molecule has 2 saturated carbocycles. The van der Waals surface area contributed by atoms with Crippen molar-refractivity contribution in [1.82, 2.24) is 14.8 Å². The van der Waals surface area contributed by atoms with Gasteiger partial charge in [-0.3, -0.25) is 0 Å². The van der Waals surface area contributed by atoms with E-state index in [0.717, 1.165) is 42.6 Å². The van der Waals surface area contributed by atoms with Crippen LogP contribution in [0.1, 0.15) is 60.4 Å². The molecule has 1 heterocycles. The van der Waals surface area contributed by atoms with Crippen LogP contribution in [0.5, 0.6) is 0 Å². The summed E-state index contributed by atoms with van der Waals surface area (Å²) in [6.07, 6.45) is 4.51. The predicted octanol–water partition coefficient (Wildman–Crippen LogP) is 3.08. The number of aromatic nitrogens is 3. The van der Waals surface area contributed by atoms with Gasteiger partial charge in [0.25, 0.3) is 0 Å². The van der Waals surface area contributed by atoms with Crippen LogP contribution < -0.4 is 0 Å². The average molecular weight is 331 g/mol. The molecule has 0 aliphatic heterocycles. The van der Waals surface area contributed by atoms with E-state index < -0.39 is 9.84 Å². The van der Waals surface area contributed by atoms with Gasteiger partial charge in [0.15, 0.2) is 9.84 Å². The van der Waals surface area contributed by atoms with Crippen molar-refractivity contribution in [1.29, 1.82) is 0 Å². The molecule has 0 atom stereocenters. The molecule has 0 spiro atoms. The summed E-state index contributed by atoms with van der Waals surface area (Å²) in [6, 6.07) is 5.87. The smallest absolute Gasteiger partial charge is 0.185 e. The molecular weight excluding hydrogens is 310 g/mol. The van der Waals surface area contributed by atoms with Gasteiger partial charge in [0.05, 0.1) is 4.90 Å². The van der Waals surface area contributed by atoms with Gasteiger partial charge in [0, 0.05) is 12.0 Å². The lowest BCUT2D eigenvalue weighted by molar-refractivity contribution is 0.588. The Morgan fingerprint density at radius 1 is 1.13 bits per heavy atom. The van der Waals surface area contributed by atoms with Gasteiger partial charge in [-0.2, -0.15) is 0 Å². The lowest BCUT2D eigenvalue weighted by Crippen LogP contribution is -2.13. The summed E-state index contributed by atoms with van der Waals surface area (Å²) in [6.45, 7) is 3.82. The van der Waals surface area contributed by atoms with Crippen molar-refractivity contribution in [2.45, 2.75) is 62.1 Å². The first-order chi connectivity index (χ1) is 11.0. The van der Waals surface area contributed by atoms with Gasteiger partial charge in [0.1, 0.15) is 17.4 Å². The SMILES string of the molecule is Cc1ccc(S(=O)(=O)Cc2nnc(C3CC3)n2C2CC2)c(C)c1. The summed E-state index contributed by atoms with van der Waals surface area (Å²) in [4.78, 5) is 0.404. The van der Waals surface area contributed by atoms with E-state index >= 15 is 0 Å². The summed E-state index contributed by atoms with van der Waals surface area (Å²) >= 11 is 0. The van der Waals surface area contributed by atoms with Crippen LogP contribution in [0.3, 0.4) is 0 Å². The van der Waals surface area contributed by atoms with Crippen LogP contribution in [0.15, 0.2) is 23.1 Å². The Hall–Kier alpha value is -1.69. The summed E-state index contributed by atoms with van der Waals surface area (Å²) in [5.74, 6) is 2.03. The number of hydrogen-bond donors (Lipinski definition) is 0. The first-order valence-electron chi connectivity index (χ1n) is 8.19. The maximum Gasteiger partial charge on any atom is 0.185 e. The molecule has 2 aromatic rings. The summed E-state index contributed by atoms with van der Waals surface area (Å²) in [7, 11) is -3.40. The van der Waals surface area contributed by atoms with E-state index in [1.807, 2.05) is 26.0 Å². The molecule has 23 heavy (non-hydrogen) atoms. The van der Waals surface area contributed by atoms with Crippen molar-refractivity contribution in [2.24, 2.45) is 0 Å². The quantitative estimate of drug-likeness (QED) is 0.844. The van der Waals surface area contributed by atoms with Crippen molar-refractivity contribution in [3.05, 3.63) is 41.0 Å². The average Bonchev–Trinajstić information content (AvgIpc) is 3.38. The molecule has 2 aliphatic carbocycles. The number of benzene rings is 1. The van der Waals surface area contributed by atoms with Crippen molar-refractivity contribution in [2.75, 3.05) is 0 Å². The Bertz CT molecular complexity index is 862. The van der Waals surface area contributed by atoms with Crippen LogP contribution in [0, 0.1) is 13.8 Å². The highest BCUT2D eigenvalue weighted by Gasteiger charge is 2.37. The maximum absolute atomic E-state index is 12.8. The fourth-order valence-electron chi connectivity index (χ4n) is 3.18. The van der Waals surface area contributed by atoms with E-state index in [1.165, 1.54) is 0 Å². The van der Waals surface area contributed by atoms with E-state index in [2.05, 4.69) is 14.8 Å². The van der Waals surface area contributed by atoms with Gasteiger partial charge < -0.3 is 4.57 Å². The highest BCUT2D eigenvalue weighted by atomic mass is 32.2. The van der Waals surface area contributed by atoms with Gasteiger partial charge in [0.2, 0.25) is 0 Å². The third-order valence-corrected chi connectivity index (χ3v) is 6.40. The van der Waals surface area contributed by atoms with Gasteiger partial charge in [-0.15, -0.1) is 10.2 Å². The second kappa shape index (κ2) is 5.16. The standard InChI is InChI=1S/C17H21N3O2S/c1-11-3-8-15(12(2)9-11)23(21,22)10-16-18-19-17(13-4-5-13)20(16)14-6-7-14/h3,8-9,13-14H,4-7,10H2,1-2H3. The molecule has 2 fully saturated rings. The minimum absolute atomic E-state index is 0.0624. The monoisotopic (exact) mass is 331 g/mol. The Labute approximate surface area is 136 Å². The third-order valence-electron chi connectivity index (χ3n) is 4.63. The molecule has 0 amide bonds. The van der Waals surface area contributed by atoms with Gasteiger partial charge in [-0.25, -0.2) is 8.42 Å². The zero-order valence-electron chi connectivity index (χ0n) is 13.5. The number of sulfone groups is 1. The molecule has 0 radical (unpaired) electrons. The lowest BCUT2D eigenvalue weighted by Gasteiger charge is -2.11. The predicted molar refractivity (Wildman–Crippen MR) is 87.1 cm³/mol. The largest absolute Gasteiger partial charge is 0.311 e. The molecule has 4 rings (SSSR count). The fourth-order valence-corrected chi connectivity index (χ4v) is 4.70. The van der Waals surface area contributed by atoms with Gasteiger partial charge in [-0.1, -0.05) is 17.7 Å². The molecule has 0 saturated heterocycles. The lowest BCUT2D eigenvalue weighted by atomic mass is 10.2.